The van der Waals surface area contributed by atoms with Gasteiger partial charge in [-0.25, -0.2) is 0 Å². The lowest BCUT2D eigenvalue weighted by atomic mass is 10.1. The van der Waals surface area contributed by atoms with E-state index in [1.54, 1.807) is 0 Å². The van der Waals surface area contributed by atoms with Crippen molar-refractivity contribution >= 4 is 7.60 Å². The number of hydrogen-bond donors (Lipinski definition) is 2. The van der Waals surface area contributed by atoms with Gasteiger partial charge < -0.3 is 9.79 Å². The molecular weight excluding hydrogens is 194 g/mol. The second kappa shape index (κ2) is 7.48. The average molecular weight is 212 g/mol. The van der Waals surface area contributed by atoms with Crippen LogP contribution in [0.4, 0.5) is 4.39 Å². The molecule has 13 heavy (non-hydrogen) atoms. The zero-order valence-electron chi connectivity index (χ0n) is 7.78. The van der Waals surface area contributed by atoms with Gasteiger partial charge in [-0.1, -0.05) is 25.7 Å². The van der Waals surface area contributed by atoms with Crippen molar-refractivity contribution in [1.82, 2.24) is 0 Å². The molecule has 0 spiro atoms. The van der Waals surface area contributed by atoms with Crippen molar-refractivity contribution in [3.8, 4) is 0 Å². The lowest BCUT2D eigenvalue weighted by Crippen LogP contribution is -1.88. The van der Waals surface area contributed by atoms with Gasteiger partial charge in [-0.15, -0.1) is 0 Å². The number of unbranched alkanes of at least 4 members (excludes halogenated alkanes) is 5. The van der Waals surface area contributed by atoms with Crippen LogP contribution in [0.3, 0.4) is 0 Å². The van der Waals surface area contributed by atoms with Crippen LogP contribution in [-0.2, 0) is 4.57 Å². The summed E-state index contributed by atoms with van der Waals surface area (Å²) < 4.78 is 22.0. The molecule has 0 atom stereocenters. The van der Waals surface area contributed by atoms with E-state index in [4.69, 9.17) is 9.79 Å². The van der Waals surface area contributed by atoms with Crippen LogP contribution in [0.15, 0.2) is 0 Å². The van der Waals surface area contributed by atoms with Crippen molar-refractivity contribution in [2.24, 2.45) is 0 Å². The molecule has 0 aromatic rings. The summed E-state index contributed by atoms with van der Waals surface area (Å²) in [7, 11) is -3.79. The number of rotatable bonds is 8. The van der Waals surface area contributed by atoms with Gasteiger partial charge in [0, 0.05) is 6.16 Å². The van der Waals surface area contributed by atoms with Crippen molar-refractivity contribution in [1.29, 1.82) is 0 Å². The highest BCUT2D eigenvalue weighted by Gasteiger charge is 2.10. The minimum Gasteiger partial charge on any atom is -0.324 e. The van der Waals surface area contributed by atoms with E-state index in [9.17, 15) is 8.96 Å². The first kappa shape index (κ1) is 13.1. The van der Waals surface area contributed by atoms with E-state index < -0.39 is 7.60 Å². The second-order valence-corrected chi connectivity index (χ2v) is 4.98. The highest BCUT2D eigenvalue weighted by Crippen LogP contribution is 2.35. The normalized spacial score (nSPS) is 11.9. The fraction of sp³-hybridized carbons (Fsp3) is 1.00. The Morgan fingerprint density at radius 2 is 1.38 bits per heavy atom. The third-order valence-corrected chi connectivity index (χ3v) is 2.73. The molecule has 0 heterocycles. The van der Waals surface area contributed by atoms with Crippen LogP contribution >= 0.6 is 7.60 Å². The Labute approximate surface area is 78.5 Å². The summed E-state index contributed by atoms with van der Waals surface area (Å²) in [6.45, 7) is -0.261. The number of halogens is 1. The molecule has 0 radical (unpaired) electrons. The Balaban J connectivity index is 3.04. The van der Waals surface area contributed by atoms with Crippen LogP contribution in [0.1, 0.15) is 38.5 Å². The second-order valence-electron chi connectivity index (χ2n) is 3.20. The summed E-state index contributed by atoms with van der Waals surface area (Å²) in [4.78, 5) is 17.0. The summed E-state index contributed by atoms with van der Waals surface area (Å²) >= 11 is 0. The smallest absolute Gasteiger partial charge is 0.324 e. The van der Waals surface area contributed by atoms with Crippen molar-refractivity contribution in [3.05, 3.63) is 0 Å². The van der Waals surface area contributed by atoms with Crippen LogP contribution in [0.25, 0.3) is 0 Å². The molecule has 2 N–H and O–H groups in total. The Kier molecular flexibility index (Phi) is 7.53. The quantitative estimate of drug-likeness (QED) is 0.480. The Morgan fingerprint density at radius 3 is 1.85 bits per heavy atom. The van der Waals surface area contributed by atoms with Crippen molar-refractivity contribution in [2.75, 3.05) is 12.8 Å². The van der Waals surface area contributed by atoms with E-state index in [2.05, 4.69) is 0 Å². The summed E-state index contributed by atoms with van der Waals surface area (Å²) in [5.74, 6) is 0. The lowest BCUT2D eigenvalue weighted by Gasteiger charge is -2.02. The highest BCUT2D eigenvalue weighted by molar-refractivity contribution is 7.51. The average Bonchev–Trinajstić information content (AvgIpc) is 2.01. The predicted molar refractivity (Wildman–Crippen MR) is 50.6 cm³/mol. The first-order valence-electron chi connectivity index (χ1n) is 4.67. The van der Waals surface area contributed by atoms with Gasteiger partial charge in [-0.3, -0.25) is 8.96 Å². The summed E-state index contributed by atoms with van der Waals surface area (Å²) in [5, 5.41) is 0. The van der Waals surface area contributed by atoms with Crippen LogP contribution in [0.2, 0.25) is 0 Å². The first-order valence-corrected chi connectivity index (χ1v) is 6.46. The van der Waals surface area contributed by atoms with Crippen molar-refractivity contribution in [2.45, 2.75) is 38.5 Å². The standard InChI is InChI=1S/C8H18FO3P/c9-7-5-3-1-2-4-6-8-13(10,11)12/h1-8H2,(H2,10,11,12). The molecule has 5 heteroatoms. The Hall–Kier alpha value is 0.0800. The molecule has 3 nitrogen and oxygen atoms in total. The van der Waals surface area contributed by atoms with Gasteiger partial charge >= 0.3 is 7.60 Å². The maximum absolute atomic E-state index is 11.6. The third kappa shape index (κ3) is 12.1. The van der Waals surface area contributed by atoms with E-state index in [-0.39, 0.29) is 12.8 Å². The number of alkyl halides is 1. The van der Waals surface area contributed by atoms with Crippen LogP contribution in [0, 0.1) is 0 Å². The fourth-order valence-corrected chi connectivity index (χ4v) is 1.75. The zero-order chi connectivity index (χ0) is 10.2. The summed E-state index contributed by atoms with van der Waals surface area (Å²) in [6.07, 6.45) is 4.78. The van der Waals surface area contributed by atoms with E-state index in [0.717, 1.165) is 25.7 Å². The van der Waals surface area contributed by atoms with Gasteiger partial charge in [0.25, 0.3) is 0 Å². The third-order valence-electron chi connectivity index (χ3n) is 1.83. The first-order chi connectivity index (χ1) is 6.06. The summed E-state index contributed by atoms with van der Waals surface area (Å²) in [6, 6.07) is 0. The van der Waals surface area contributed by atoms with Crippen LogP contribution in [-0.4, -0.2) is 22.6 Å². The Bertz CT molecular complexity index is 157. The zero-order valence-corrected chi connectivity index (χ0v) is 8.68. The van der Waals surface area contributed by atoms with E-state index in [0.29, 0.717) is 12.8 Å². The number of hydrogen-bond acceptors (Lipinski definition) is 1. The van der Waals surface area contributed by atoms with E-state index in [1.807, 2.05) is 0 Å². The van der Waals surface area contributed by atoms with Gasteiger partial charge in [-0.2, -0.15) is 0 Å². The van der Waals surface area contributed by atoms with Gasteiger partial charge in [0.05, 0.1) is 6.67 Å². The highest BCUT2D eigenvalue weighted by atomic mass is 31.2. The van der Waals surface area contributed by atoms with Crippen LogP contribution in [0.5, 0.6) is 0 Å². The molecule has 0 fully saturated rings. The van der Waals surface area contributed by atoms with Crippen molar-refractivity contribution < 1.29 is 18.7 Å². The fourth-order valence-electron chi connectivity index (χ4n) is 1.12. The van der Waals surface area contributed by atoms with Gasteiger partial charge in [0.15, 0.2) is 0 Å². The molecule has 0 aliphatic carbocycles. The minimum absolute atomic E-state index is 0.0177. The molecule has 0 bridgehead atoms. The molecule has 0 rings (SSSR count). The maximum atomic E-state index is 11.6. The van der Waals surface area contributed by atoms with Gasteiger partial charge in [0.1, 0.15) is 0 Å². The van der Waals surface area contributed by atoms with Crippen molar-refractivity contribution in [3.63, 3.8) is 0 Å². The Morgan fingerprint density at radius 1 is 0.923 bits per heavy atom. The SMILES string of the molecule is O=P(O)(O)CCCCCCCCF. The molecule has 0 saturated carbocycles. The van der Waals surface area contributed by atoms with E-state index in [1.165, 1.54) is 0 Å². The monoisotopic (exact) mass is 212 g/mol. The minimum atomic E-state index is -3.79. The molecular formula is C8H18FO3P. The summed E-state index contributed by atoms with van der Waals surface area (Å²) in [5.41, 5.74) is 0. The van der Waals surface area contributed by atoms with Gasteiger partial charge in [0.2, 0.25) is 0 Å². The predicted octanol–water partition coefficient (Wildman–Crippen LogP) is 2.47. The molecule has 0 aliphatic heterocycles. The molecule has 0 aromatic carbocycles. The molecule has 0 aliphatic rings. The molecule has 0 unspecified atom stereocenters. The maximum Gasteiger partial charge on any atom is 0.325 e. The largest absolute Gasteiger partial charge is 0.325 e. The molecule has 0 aromatic heterocycles. The molecule has 80 valence electrons. The molecule has 0 amide bonds. The molecule has 0 saturated heterocycles. The lowest BCUT2D eigenvalue weighted by molar-refractivity contribution is 0.370. The topological polar surface area (TPSA) is 57.5 Å². The van der Waals surface area contributed by atoms with E-state index >= 15 is 0 Å². The van der Waals surface area contributed by atoms with Gasteiger partial charge in [-0.05, 0) is 12.8 Å². The van der Waals surface area contributed by atoms with Crippen LogP contribution < -0.4 is 0 Å².